The third-order valence-corrected chi connectivity index (χ3v) is 9.46. The van der Waals surface area contributed by atoms with Crippen molar-refractivity contribution in [3.63, 3.8) is 0 Å². The number of furan rings is 1. The molecular weight excluding hydrogens is 572 g/mol. The summed E-state index contributed by atoms with van der Waals surface area (Å²) in [5.41, 5.74) is 10.3. The van der Waals surface area contributed by atoms with Crippen LogP contribution in [0.1, 0.15) is 0 Å². The zero-order valence-electron chi connectivity index (χ0n) is 25.3. The molecule has 0 aliphatic rings. The van der Waals surface area contributed by atoms with Gasteiger partial charge in [-0.3, -0.25) is 4.98 Å². The summed E-state index contributed by atoms with van der Waals surface area (Å²) < 4.78 is 6.57. The smallest absolute Gasteiger partial charge is 0.143 e. The molecule has 47 heavy (non-hydrogen) atoms. The molecule has 0 unspecified atom stereocenters. The molecule has 0 aliphatic carbocycles. The van der Waals surface area contributed by atoms with E-state index in [1.54, 1.807) is 0 Å². The molecule has 7 aromatic carbocycles. The highest BCUT2D eigenvalue weighted by Crippen LogP contribution is 2.41. The lowest BCUT2D eigenvalue weighted by Crippen LogP contribution is -1.89. The van der Waals surface area contributed by atoms with E-state index in [1.165, 1.54) is 27.3 Å². The maximum Gasteiger partial charge on any atom is 0.143 e. The van der Waals surface area contributed by atoms with Crippen LogP contribution in [0.2, 0.25) is 0 Å². The number of benzene rings is 7. The molecule has 0 fully saturated rings. The maximum atomic E-state index is 6.57. The lowest BCUT2D eigenvalue weighted by atomic mass is 9.93. The first-order valence-electron chi connectivity index (χ1n) is 15.9. The second-order valence-electron chi connectivity index (χ2n) is 12.2. The number of nitrogens with zero attached hydrogens (tertiary/aromatic N) is 2. The van der Waals surface area contributed by atoms with Crippen molar-refractivity contribution in [2.45, 2.75) is 0 Å². The standard InChI is InChI=1S/C44H26N2O/c1-2-8-30-23-33(17-14-27(30)7-1)37-26-39-38-25-32(19-21-41(38)47-44(39)36-13-4-3-12-35(36)37)31-9-5-10-34(24-31)40-20-18-29-16-15-28-11-6-22-45-42(28)43(29)46-40/h1-26H. The van der Waals surface area contributed by atoms with Crippen LogP contribution in [0.15, 0.2) is 162 Å². The van der Waals surface area contributed by atoms with Crippen molar-refractivity contribution in [2.24, 2.45) is 0 Å². The Morgan fingerprint density at radius 3 is 2.06 bits per heavy atom. The minimum absolute atomic E-state index is 0.885. The van der Waals surface area contributed by atoms with E-state index in [2.05, 4.69) is 151 Å². The summed E-state index contributed by atoms with van der Waals surface area (Å²) in [5, 5.41) is 9.20. The maximum absolute atomic E-state index is 6.57. The highest BCUT2D eigenvalue weighted by molar-refractivity contribution is 6.19. The Kier molecular flexibility index (Phi) is 5.57. The van der Waals surface area contributed by atoms with E-state index in [0.717, 1.165) is 71.5 Å². The topological polar surface area (TPSA) is 38.9 Å². The van der Waals surface area contributed by atoms with Crippen molar-refractivity contribution < 1.29 is 4.42 Å². The molecule has 0 bridgehead atoms. The molecule has 0 amide bonds. The van der Waals surface area contributed by atoms with Crippen LogP contribution >= 0.6 is 0 Å². The molecular formula is C44H26N2O. The molecule has 0 N–H and O–H groups in total. The van der Waals surface area contributed by atoms with Crippen molar-refractivity contribution in [1.29, 1.82) is 0 Å². The van der Waals surface area contributed by atoms with Crippen molar-refractivity contribution in [3.05, 3.63) is 158 Å². The van der Waals surface area contributed by atoms with Crippen LogP contribution in [0.5, 0.6) is 0 Å². The summed E-state index contributed by atoms with van der Waals surface area (Å²) in [6.07, 6.45) is 1.83. The second kappa shape index (κ2) is 10.1. The van der Waals surface area contributed by atoms with Gasteiger partial charge in [0.05, 0.1) is 16.7 Å². The van der Waals surface area contributed by atoms with Crippen LogP contribution < -0.4 is 0 Å². The molecule has 3 aromatic heterocycles. The summed E-state index contributed by atoms with van der Waals surface area (Å²) in [7, 11) is 0. The van der Waals surface area contributed by atoms with Gasteiger partial charge >= 0.3 is 0 Å². The molecule has 0 aliphatic heterocycles. The van der Waals surface area contributed by atoms with E-state index < -0.39 is 0 Å². The normalized spacial score (nSPS) is 11.8. The van der Waals surface area contributed by atoms with Gasteiger partial charge < -0.3 is 4.42 Å². The van der Waals surface area contributed by atoms with Gasteiger partial charge in [-0.25, -0.2) is 4.98 Å². The first-order chi connectivity index (χ1) is 23.3. The number of aromatic nitrogens is 2. The van der Waals surface area contributed by atoms with Gasteiger partial charge in [-0.05, 0) is 80.9 Å². The second-order valence-corrected chi connectivity index (χ2v) is 12.2. The first kappa shape index (κ1) is 26.0. The molecule has 3 nitrogen and oxygen atoms in total. The highest BCUT2D eigenvalue weighted by Gasteiger charge is 2.16. The number of fused-ring (bicyclic) bond motifs is 9. The molecule has 10 rings (SSSR count). The molecule has 10 aromatic rings. The Balaban J connectivity index is 1.13. The Morgan fingerprint density at radius 2 is 1.13 bits per heavy atom. The minimum Gasteiger partial charge on any atom is -0.455 e. The predicted octanol–water partition coefficient (Wildman–Crippen LogP) is 12.0. The molecule has 0 spiro atoms. The van der Waals surface area contributed by atoms with Crippen LogP contribution in [0.3, 0.4) is 0 Å². The summed E-state index contributed by atoms with van der Waals surface area (Å²) in [6.45, 7) is 0. The van der Waals surface area contributed by atoms with Gasteiger partial charge in [0.2, 0.25) is 0 Å². The average Bonchev–Trinajstić information content (AvgIpc) is 3.52. The van der Waals surface area contributed by atoms with Gasteiger partial charge in [0.15, 0.2) is 0 Å². The number of rotatable bonds is 3. The molecule has 0 saturated carbocycles. The zero-order valence-corrected chi connectivity index (χ0v) is 25.3. The van der Waals surface area contributed by atoms with Gasteiger partial charge in [-0.1, -0.05) is 109 Å². The number of hydrogen-bond acceptors (Lipinski definition) is 3. The fourth-order valence-electron chi connectivity index (χ4n) is 7.12. The highest BCUT2D eigenvalue weighted by atomic mass is 16.3. The van der Waals surface area contributed by atoms with Gasteiger partial charge in [-0.2, -0.15) is 0 Å². The van der Waals surface area contributed by atoms with Gasteiger partial charge in [-0.15, -0.1) is 0 Å². The SMILES string of the molecule is c1cc(-c2ccc3oc4c5ccccc5c(-c5ccc6ccccc6c5)cc4c3c2)cc(-c2ccc3ccc4cccnc4c3n2)c1. The molecule has 0 saturated heterocycles. The summed E-state index contributed by atoms with van der Waals surface area (Å²) in [4.78, 5) is 9.74. The number of pyridine rings is 2. The van der Waals surface area contributed by atoms with Crippen LogP contribution in [0, 0.1) is 0 Å². The quantitative estimate of drug-likeness (QED) is 0.190. The molecule has 0 radical (unpaired) electrons. The zero-order chi connectivity index (χ0) is 30.9. The first-order valence-corrected chi connectivity index (χ1v) is 15.9. The summed E-state index contributed by atoms with van der Waals surface area (Å²) in [6, 6.07) is 53.8. The summed E-state index contributed by atoms with van der Waals surface area (Å²) >= 11 is 0. The number of hydrogen-bond donors (Lipinski definition) is 0. The largest absolute Gasteiger partial charge is 0.455 e. The van der Waals surface area contributed by atoms with Crippen molar-refractivity contribution >= 4 is 65.3 Å². The van der Waals surface area contributed by atoms with E-state index in [-0.39, 0.29) is 0 Å². The van der Waals surface area contributed by atoms with E-state index >= 15 is 0 Å². The van der Waals surface area contributed by atoms with Gasteiger partial charge in [0.25, 0.3) is 0 Å². The van der Waals surface area contributed by atoms with Crippen LogP contribution in [0.4, 0.5) is 0 Å². The van der Waals surface area contributed by atoms with E-state index in [0.29, 0.717) is 0 Å². The predicted molar refractivity (Wildman–Crippen MR) is 196 cm³/mol. The van der Waals surface area contributed by atoms with Crippen molar-refractivity contribution in [1.82, 2.24) is 9.97 Å². The van der Waals surface area contributed by atoms with E-state index in [1.807, 2.05) is 12.3 Å². The van der Waals surface area contributed by atoms with Crippen LogP contribution in [-0.4, -0.2) is 9.97 Å². The lowest BCUT2D eigenvalue weighted by Gasteiger charge is -2.10. The lowest BCUT2D eigenvalue weighted by molar-refractivity contribution is 0.673. The fourth-order valence-corrected chi connectivity index (χ4v) is 7.12. The third-order valence-electron chi connectivity index (χ3n) is 9.46. The average molecular weight is 599 g/mol. The van der Waals surface area contributed by atoms with Crippen LogP contribution in [-0.2, 0) is 0 Å². The summed E-state index contributed by atoms with van der Waals surface area (Å²) in [5.74, 6) is 0. The molecule has 3 heteroatoms. The van der Waals surface area contributed by atoms with Crippen molar-refractivity contribution in [2.75, 3.05) is 0 Å². The minimum atomic E-state index is 0.885. The van der Waals surface area contributed by atoms with Gasteiger partial charge in [0.1, 0.15) is 11.2 Å². The third kappa shape index (κ3) is 4.14. The van der Waals surface area contributed by atoms with Gasteiger partial charge in [0, 0.05) is 38.7 Å². The monoisotopic (exact) mass is 598 g/mol. The van der Waals surface area contributed by atoms with E-state index in [4.69, 9.17) is 9.40 Å². The Morgan fingerprint density at radius 1 is 0.404 bits per heavy atom. The van der Waals surface area contributed by atoms with Crippen LogP contribution in [0.25, 0.3) is 98.8 Å². The molecule has 218 valence electrons. The van der Waals surface area contributed by atoms with Crippen molar-refractivity contribution in [3.8, 4) is 33.5 Å². The Bertz CT molecular complexity index is 2860. The molecule has 0 atom stereocenters. The molecule has 3 heterocycles. The van der Waals surface area contributed by atoms with E-state index in [9.17, 15) is 0 Å². The Labute approximate surface area is 270 Å². The fraction of sp³-hybridized carbons (Fsp3) is 0. The Hall–Kier alpha value is -6.32.